The van der Waals surface area contributed by atoms with E-state index in [9.17, 15) is 9.59 Å². The average Bonchev–Trinajstić information content (AvgIpc) is 2.50. The second kappa shape index (κ2) is 8.95. The van der Waals surface area contributed by atoms with Crippen molar-refractivity contribution in [1.82, 2.24) is 10.2 Å². The van der Waals surface area contributed by atoms with Crippen molar-refractivity contribution in [3.8, 4) is 0 Å². The first-order valence-corrected chi connectivity index (χ1v) is 7.32. The fourth-order valence-electron chi connectivity index (χ4n) is 2.04. The number of hydrogen-bond acceptors (Lipinski definition) is 2. The Morgan fingerprint density at radius 1 is 1.33 bits per heavy atom. The van der Waals surface area contributed by atoms with E-state index in [0.717, 1.165) is 12.0 Å². The molecule has 0 saturated heterocycles. The van der Waals surface area contributed by atoms with Crippen LogP contribution in [0.15, 0.2) is 43.0 Å². The molecule has 0 radical (unpaired) electrons. The van der Waals surface area contributed by atoms with Crippen molar-refractivity contribution in [2.45, 2.75) is 39.3 Å². The van der Waals surface area contributed by atoms with Crippen LogP contribution in [0.2, 0.25) is 0 Å². The van der Waals surface area contributed by atoms with Crippen LogP contribution in [-0.4, -0.2) is 29.3 Å². The largest absolute Gasteiger partial charge is 0.351 e. The smallest absolute Gasteiger partial charge is 0.242 e. The first kappa shape index (κ1) is 17.0. The maximum Gasteiger partial charge on any atom is 0.242 e. The Labute approximate surface area is 126 Å². The lowest BCUT2D eigenvalue weighted by Crippen LogP contribution is -2.47. The maximum atomic E-state index is 12.3. The van der Waals surface area contributed by atoms with Crippen molar-refractivity contribution in [3.05, 3.63) is 48.6 Å². The average molecular weight is 288 g/mol. The lowest BCUT2D eigenvalue weighted by molar-refractivity contribution is -0.140. The second-order valence-electron chi connectivity index (χ2n) is 4.97. The summed E-state index contributed by atoms with van der Waals surface area (Å²) in [5.74, 6) is -0.155. The second-order valence-corrected chi connectivity index (χ2v) is 4.97. The topological polar surface area (TPSA) is 49.4 Å². The van der Waals surface area contributed by atoms with Gasteiger partial charge in [0.05, 0.1) is 0 Å². The molecule has 0 spiro atoms. The van der Waals surface area contributed by atoms with Crippen LogP contribution in [-0.2, 0) is 16.1 Å². The molecule has 1 unspecified atom stereocenters. The Morgan fingerprint density at radius 2 is 2.00 bits per heavy atom. The summed E-state index contributed by atoms with van der Waals surface area (Å²) in [6.07, 6.45) is 2.84. The number of nitrogens with zero attached hydrogens (tertiary/aromatic N) is 1. The number of carbonyl (C=O) groups excluding carboxylic acids is 2. The summed E-state index contributed by atoms with van der Waals surface area (Å²) in [7, 11) is 0. The van der Waals surface area contributed by atoms with Gasteiger partial charge in [0.25, 0.3) is 0 Å². The highest BCUT2D eigenvalue weighted by molar-refractivity contribution is 5.87. The van der Waals surface area contributed by atoms with Gasteiger partial charge >= 0.3 is 0 Å². The molecule has 1 N–H and O–H groups in total. The molecule has 114 valence electrons. The van der Waals surface area contributed by atoms with Gasteiger partial charge < -0.3 is 10.2 Å². The fraction of sp³-hybridized carbons (Fsp3) is 0.412. The molecule has 0 heterocycles. The molecule has 4 nitrogen and oxygen atoms in total. The van der Waals surface area contributed by atoms with Crippen LogP contribution >= 0.6 is 0 Å². The molecule has 1 atom stereocenters. The van der Waals surface area contributed by atoms with Gasteiger partial charge in [0.15, 0.2) is 0 Å². The van der Waals surface area contributed by atoms with E-state index in [1.54, 1.807) is 17.9 Å². The van der Waals surface area contributed by atoms with Crippen LogP contribution in [0.1, 0.15) is 32.3 Å². The Morgan fingerprint density at radius 3 is 2.57 bits per heavy atom. The van der Waals surface area contributed by atoms with E-state index < -0.39 is 6.04 Å². The first-order valence-electron chi connectivity index (χ1n) is 7.32. The van der Waals surface area contributed by atoms with Crippen LogP contribution in [0.5, 0.6) is 0 Å². The quantitative estimate of drug-likeness (QED) is 0.747. The van der Waals surface area contributed by atoms with E-state index >= 15 is 0 Å². The standard InChI is InChI=1S/C17H24N2O2/c1-4-9-16(20)19(13-15-10-7-6-8-11-15)14(3)17(21)18-12-5-2/h5-8,10-11,14H,2,4,9,12-13H2,1,3H3,(H,18,21). The molecule has 0 aliphatic heterocycles. The Kier molecular flexibility index (Phi) is 7.23. The van der Waals surface area contributed by atoms with Gasteiger partial charge in [-0.05, 0) is 18.9 Å². The molecule has 0 saturated carbocycles. The summed E-state index contributed by atoms with van der Waals surface area (Å²) in [6, 6.07) is 9.22. The SMILES string of the molecule is C=CCNC(=O)C(C)N(Cc1ccccc1)C(=O)CCC. The molecule has 0 aliphatic carbocycles. The van der Waals surface area contributed by atoms with Crippen LogP contribution in [0.25, 0.3) is 0 Å². The summed E-state index contributed by atoms with van der Waals surface area (Å²) in [5, 5.41) is 2.74. The van der Waals surface area contributed by atoms with Gasteiger partial charge in [0, 0.05) is 19.5 Å². The molecule has 2 amide bonds. The van der Waals surface area contributed by atoms with Crippen molar-refractivity contribution < 1.29 is 9.59 Å². The lowest BCUT2D eigenvalue weighted by Gasteiger charge is -2.28. The van der Waals surface area contributed by atoms with Crippen molar-refractivity contribution >= 4 is 11.8 Å². The zero-order valence-corrected chi connectivity index (χ0v) is 12.8. The molecule has 1 aromatic carbocycles. The molecular formula is C17H24N2O2. The Balaban J connectivity index is 2.83. The third-order valence-electron chi connectivity index (χ3n) is 3.25. The number of amides is 2. The zero-order valence-electron chi connectivity index (χ0n) is 12.8. The van der Waals surface area contributed by atoms with Crippen LogP contribution in [0, 0.1) is 0 Å². The van der Waals surface area contributed by atoms with E-state index in [1.807, 2.05) is 37.3 Å². The van der Waals surface area contributed by atoms with Crippen molar-refractivity contribution in [2.24, 2.45) is 0 Å². The summed E-state index contributed by atoms with van der Waals surface area (Å²) in [5.41, 5.74) is 1.02. The van der Waals surface area contributed by atoms with Gasteiger partial charge in [-0.3, -0.25) is 9.59 Å². The summed E-state index contributed by atoms with van der Waals surface area (Å²) in [4.78, 5) is 26.0. The van der Waals surface area contributed by atoms with Crippen molar-refractivity contribution in [1.29, 1.82) is 0 Å². The highest BCUT2D eigenvalue weighted by Crippen LogP contribution is 2.11. The highest BCUT2D eigenvalue weighted by Gasteiger charge is 2.24. The fourth-order valence-corrected chi connectivity index (χ4v) is 2.04. The van der Waals surface area contributed by atoms with Crippen LogP contribution in [0.3, 0.4) is 0 Å². The summed E-state index contributed by atoms with van der Waals surface area (Å²) < 4.78 is 0. The van der Waals surface area contributed by atoms with Crippen molar-refractivity contribution in [2.75, 3.05) is 6.54 Å². The summed E-state index contributed by atoms with van der Waals surface area (Å²) >= 11 is 0. The molecule has 1 rings (SSSR count). The third kappa shape index (κ3) is 5.42. The van der Waals surface area contributed by atoms with Gasteiger partial charge in [0.1, 0.15) is 6.04 Å². The Bertz CT molecular complexity index is 471. The van der Waals surface area contributed by atoms with E-state index in [2.05, 4.69) is 11.9 Å². The van der Waals surface area contributed by atoms with Gasteiger partial charge in [-0.15, -0.1) is 6.58 Å². The Hall–Kier alpha value is -2.10. The van der Waals surface area contributed by atoms with E-state index in [1.165, 1.54) is 0 Å². The minimum atomic E-state index is -0.496. The maximum absolute atomic E-state index is 12.3. The summed E-state index contributed by atoms with van der Waals surface area (Å²) in [6.45, 7) is 8.15. The molecule has 0 fully saturated rings. The molecular weight excluding hydrogens is 264 g/mol. The van der Waals surface area contributed by atoms with Crippen LogP contribution < -0.4 is 5.32 Å². The van der Waals surface area contributed by atoms with Gasteiger partial charge in [-0.1, -0.05) is 43.3 Å². The normalized spacial score (nSPS) is 11.5. The highest BCUT2D eigenvalue weighted by atomic mass is 16.2. The number of rotatable bonds is 8. The zero-order chi connectivity index (χ0) is 15.7. The van der Waals surface area contributed by atoms with Gasteiger partial charge in [-0.25, -0.2) is 0 Å². The van der Waals surface area contributed by atoms with Gasteiger partial charge in [-0.2, -0.15) is 0 Å². The van der Waals surface area contributed by atoms with E-state index in [4.69, 9.17) is 0 Å². The van der Waals surface area contributed by atoms with E-state index in [0.29, 0.717) is 19.5 Å². The number of hydrogen-bond donors (Lipinski definition) is 1. The molecule has 21 heavy (non-hydrogen) atoms. The first-order chi connectivity index (χ1) is 10.1. The molecule has 0 bridgehead atoms. The van der Waals surface area contributed by atoms with Gasteiger partial charge in [0.2, 0.25) is 11.8 Å². The number of carbonyl (C=O) groups is 2. The predicted molar refractivity (Wildman–Crippen MR) is 84.6 cm³/mol. The van der Waals surface area contributed by atoms with Crippen molar-refractivity contribution in [3.63, 3.8) is 0 Å². The lowest BCUT2D eigenvalue weighted by atomic mass is 10.1. The minimum Gasteiger partial charge on any atom is -0.351 e. The monoisotopic (exact) mass is 288 g/mol. The minimum absolute atomic E-state index is 0.00241. The molecule has 0 aromatic heterocycles. The third-order valence-corrected chi connectivity index (χ3v) is 3.25. The molecule has 4 heteroatoms. The van der Waals surface area contributed by atoms with E-state index in [-0.39, 0.29) is 11.8 Å². The number of benzene rings is 1. The number of nitrogens with one attached hydrogen (secondary N) is 1. The molecule has 0 aliphatic rings. The molecule has 1 aromatic rings. The van der Waals surface area contributed by atoms with Crippen LogP contribution in [0.4, 0.5) is 0 Å². The predicted octanol–water partition coefficient (Wildman–Crippen LogP) is 2.51.